The number of allylic oxidation sites excluding steroid dienone is 1. The molecule has 0 radical (unpaired) electrons. The van der Waals surface area contributed by atoms with E-state index in [9.17, 15) is 13.5 Å². The van der Waals surface area contributed by atoms with E-state index in [0.29, 0.717) is 12.8 Å². The fraction of sp³-hybridized carbons (Fsp3) is 0.263. The highest BCUT2D eigenvalue weighted by Crippen LogP contribution is 2.20. The Hall–Kier alpha value is -2.11. The monoisotopic (exact) mass is 346 g/mol. The molecule has 128 valence electrons. The standard InChI is InChI=1S/C19H22O4S/c1-2-3-7-17(20)13-10-16-11-14-18(15-12-16)23-24(21,22)19-8-5-4-6-9-19/h2-6,8-9,11-12,14-15,17,20H,7,10,13H2,1H3/b3-2+/t17-/m1/s1. The van der Waals surface area contributed by atoms with Gasteiger partial charge in [-0.25, -0.2) is 0 Å². The molecule has 0 heterocycles. The van der Waals surface area contributed by atoms with Gasteiger partial charge in [-0.1, -0.05) is 42.5 Å². The van der Waals surface area contributed by atoms with Gasteiger partial charge in [0.05, 0.1) is 6.10 Å². The van der Waals surface area contributed by atoms with E-state index in [2.05, 4.69) is 0 Å². The summed E-state index contributed by atoms with van der Waals surface area (Å²) in [5.74, 6) is 0.275. The number of benzene rings is 2. The lowest BCUT2D eigenvalue weighted by Crippen LogP contribution is -2.09. The van der Waals surface area contributed by atoms with Crippen LogP contribution in [0, 0.1) is 0 Å². The highest BCUT2D eigenvalue weighted by molar-refractivity contribution is 7.87. The minimum atomic E-state index is -3.81. The van der Waals surface area contributed by atoms with Gasteiger partial charge in [0, 0.05) is 0 Å². The van der Waals surface area contributed by atoms with Gasteiger partial charge in [0.25, 0.3) is 0 Å². The van der Waals surface area contributed by atoms with Gasteiger partial charge in [0.15, 0.2) is 0 Å². The summed E-state index contributed by atoms with van der Waals surface area (Å²) in [5.41, 5.74) is 1.03. The molecule has 2 aromatic carbocycles. The summed E-state index contributed by atoms with van der Waals surface area (Å²) in [7, 11) is -3.81. The zero-order valence-corrected chi connectivity index (χ0v) is 14.4. The predicted octanol–water partition coefficient (Wildman–Crippen LogP) is 3.71. The Morgan fingerprint density at radius 3 is 2.38 bits per heavy atom. The van der Waals surface area contributed by atoms with E-state index >= 15 is 0 Å². The van der Waals surface area contributed by atoms with Crippen LogP contribution >= 0.6 is 0 Å². The third-order valence-electron chi connectivity index (χ3n) is 3.57. The molecular formula is C19H22O4S. The van der Waals surface area contributed by atoms with Crippen LogP contribution in [0.25, 0.3) is 0 Å². The Bertz CT molecular complexity index is 750. The number of aliphatic hydroxyl groups is 1. The summed E-state index contributed by atoms with van der Waals surface area (Å²) in [4.78, 5) is 0.126. The largest absolute Gasteiger partial charge is 0.393 e. The van der Waals surface area contributed by atoms with E-state index in [1.807, 2.05) is 31.2 Å². The molecule has 2 aromatic rings. The summed E-state index contributed by atoms with van der Waals surface area (Å²) < 4.78 is 29.4. The number of hydrogen-bond acceptors (Lipinski definition) is 4. The molecule has 1 atom stereocenters. The molecule has 24 heavy (non-hydrogen) atoms. The first-order chi connectivity index (χ1) is 11.5. The van der Waals surface area contributed by atoms with Crippen LogP contribution in [0.4, 0.5) is 0 Å². The van der Waals surface area contributed by atoms with Gasteiger partial charge in [-0.2, -0.15) is 8.42 Å². The van der Waals surface area contributed by atoms with Crippen LogP contribution in [0.2, 0.25) is 0 Å². The molecule has 0 amide bonds. The Morgan fingerprint density at radius 1 is 1.08 bits per heavy atom. The zero-order valence-electron chi connectivity index (χ0n) is 13.6. The summed E-state index contributed by atoms with van der Waals surface area (Å²) in [5, 5.41) is 9.82. The van der Waals surface area contributed by atoms with E-state index < -0.39 is 10.1 Å². The first kappa shape index (κ1) is 18.2. The average Bonchev–Trinajstić information content (AvgIpc) is 2.60. The van der Waals surface area contributed by atoms with Gasteiger partial charge in [-0.15, -0.1) is 0 Å². The zero-order chi connectivity index (χ0) is 17.4. The third-order valence-corrected chi connectivity index (χ3v) is 4.83. The van der Waals surface area contributed by atoms with Crippen LogP contribution in [0.3, 0.4) is 0 Å². The van der Waals surface area contributed by atoms with Crippen molar-refractivity contribution in [2.24, 2.45) is 0 Å². The van der Waals surface area contributed by atoms with E-state index in [1.165, 1.54) is 12.1 Å². The molecule has 4 nitrogen and oxygen atoms in total. The molecule has 0 aliphatic carbocycles. The predicted molar refractivity (Wildman–Crippen MR) is 94.5 cm³/mol. The van der Waals surface area contributed by atoms with Crippen molar-refractivity contribution in [2.75, 3.05) is 0 Å². The van der Waals surface area contributed by atoms with Crippen LogP contribution in [0.15, 0.2) is 71.6 Å². The lowest BCUT2D eigenvalue weighted by molar-refractivity contribution is 0.168. The van der Waals surface area contributed by atoms with Gasteiger partial charge in [-0.3, -0.25) is 0 Å². The van der Waals surface area contributed by atoms with Crippen LogP contribution in [-0.2, 0) is 16.5 Å². The molecule has 0 aliphatic rings. The molecule has 0 fully saturated rings. The van der Waals surface area contributed by atoms with Crippen LogP contribution in [-0.4, -0.2) is 19.6 Å². The molecule has 0 unspecified atom stereocenters. The van der Waals surface area contributed by atoms with Crippen molar-refractivity contribution in [2.45, 2.75) is 37.2 Å². The normalized spacial score (nSPS) is 13.1. The highest BCUT2D eigenvalue weighted by atomic mass is 32.2. The highest BCUT2D eigenvalue weighted by Gasteiger charge is 2.15. The molecular weight excluding hydrogens is 324 g/mol. The second-order valence-electron chi connectivity index (χ2n) is 5.49. The molecule has 0 spiro atoms. The number of hydrogen-bond donors (Lipinski definition) is 1. The SMILES string of the molecule is C/C=C/C[C@@H](O)CCc1ccc(OS(=O)(=O)c2ccccc2)cc1. The average molecular weight is 346 g/mol. The molecule has 2 rings (SSSR count). The van der Waals surface area contributed by atoms with Crippen molar-refractivity contribution in [1.29, 1.82) is 0 Å². The van der Waals surface area contributed by atoms with Crippen LogP contribution < -0.4 is 4.18 Å². The topological polar surface area (TPSA) is 63.6 Å². The number of aryl methyl sites for hydroxylation is 1. The van der Waals surface area contributed by atoms with Crippen molar-refractivity contribution >= 4 is 10.1 Å². The van der Waals surface area contributed by atoms with Crippen molar-refractivity contribution in [3.05, 3.63) is 72.3 Å². The second-order valence-corrected chi connectivity index (χ2v) is 7.04. The lowest BCUT2D eigenvalue weighted by atomic mass is 10.0. The van der Waals surface area contributed by atoms with Crippen LogP contribution in [0.5, 0.6) is 5.75 Å². The molecule has 0 saturated carbocycles. The molecule has 0 aliphatic heterocycles. The molecule has 5 heteroatoms. The maximum atomic E-state index is 12.1. The van der Waals surface area contributed by atoms with Crippen molar-refractivity contribution < 1.29 is 17.7 Å². The van der Waals surface area contributed by atoms with E-state index in [4.69, 9.17) is 4.18 Å². The fourth-order valence-corrected chi connectivity index (χ4v) is 3.17. The lowest BCUT2D eigenvalue weighted by Gasteiger charge is -2.09. The minimum absolute atomic E-state index is 0.126. The van der Waals surface area contributed by atoms with E-state index in [0.717, 1.165) is 12.0 Å². The van der Waals surface area contributed by atoms with Gasteiger partial charge < -0.3 is 9.29 Å². The first-order valence-corrected chi connectivity index (χ1v) is 9.30. The Morgan fingerprint density at radius 2 is 1.75 bits per heavy atom. The molecule has 0 saturated heterocycles. The summed E-state index contributed by atoms with van der Waals surface area (Å²) in [6, 6.07) is 14.9. The van der Waals surface area contributed by atoms with Gasteiger partial charge >= 0.3 is 10.1 Å². The Balaban J connectivity index is 1.95. The van der Waals surface area contributed by atoms with Gasteiger partial charge in [0.2, 0.25) is 0 Å². The van der Waals surface area contributed by atoms with E-state index in [-0.39, 0.29) is 16.7 Å². The van der Waals surface area contributed by atoms with Crippen LogP contribution in [0.1, 0.15) is 25.3 Å². The molecule has 1 N–H and O–H groups in total. The summed E-state index contributed by atoms with van der Waals surface area (Å²) in [6.07, 6.45) is 5.53. The number of aliphatic hydroxyl groups excluding tert-OH is 1. The quantitative estimate of drug-likeness (QED) is 0.584. The van der Waals surface area contributed by atoms with Crippen molar-refractivity contribution in [3.8, 4) is 5.75 Å². The first-order valence-electron chi connectivity index (χ1n) is 7.89. The van der Waals surface area contributed by atoms with Crippen molar-refractivity contribution in [1.82, 2.24) is 0 Å². The fourth-order valence-electron chi connectivity index (χ4n) is 2.22. The van der Waals surface area contributed by atoms with Crippen molar-refractivity contribution in [3.63, 3.8) is 0 Å². The smallest absolute Gasteiger partial charge is 0.339 e. The molecule has 0 aromatic heterocycles. The number of rotatable bonds is 8. The maximum absolute atomic E-state index is 12.1. The summed E-state index contributed by atoms with van der Waals surface area (Å²) in [6.45, 7) is 1.93. The maximum Gasteiger partial charge on any atom is 0.339 e. The van der Waals surface area contributed by atoms with Gasteiger partial charge in [-0.05, 0) is 56.0 Å². The van der Waals surface area contributed by atoms with E-state index in [1.54, 1.807) is 30.3 Å². The minimum Gasteiger partial charge on any atom is -0.393 e. The molecule has 0 bridgehead atoms. The Labute approximate surface area is 143 Å². The second kappa shape index (κ2) is 8.66. The van der Waals surface area contributed by atoms with Gasteiger partial charge in [0.1, 0.15) is 10.6 Å². The summed E-state index contributed by atoms with van der Waals surface area (Å²) >= 11 is 0. The third kappa shape index (κ3) is 5.51. The Kier molecular flexibility index (Phi) is 6.58.